The second-order valence-corrected chi connectivity index (χ2v) is 21.0. The van der Waals surface area contributed by atoms with Crippen molar-refractivity contribution in [3.8, 4) is 0 Å². The van der Waals surface area contributed by atoms with Crippen LogP contribution in [0.3, 0.4) is 0 Å². The van der Waals surface area contributed by atoms with Crippen LogP contribution in [0.4, 0.5) is 0 Å². The first-order valence-corrected chi connectivity index (χ1v) is 31.3. The molecule has 0 aromatic carbocycles. The van der Waals surface area contributed by atoms with Gasteiger partial charge in [0, 0.05) is 19.3 Å². The molecule has 0 N–H and O–H groups in total. The van der Waals surface area contributed by atoms with E-state index in [0.29, 0.717) is 19.3 Å². The fraction of sp³-hybridized carbons (Fsp3) is 0.803. The normalized spacial score (nSPS) is 12.4. The molecular formula is C66H118O6. The molecule has 6 nitrogen and oxygen atoms in total. The van der Waals surface area contributed by atoms with Gasteiger partial charge in [-0.3, -0.25) is 14.4 Å². The van der Waals surface area contributed by atoms with Crippen LogP contribution in [-0.4, -0.2) is 37.2 Å². The number of esters is 3. The predicted molar refractivity (Wildman–Crippen MR) is 312 cm³/mol. The Morgan fingerprint density at radius 1 is 0.278 bits per heavy atom. The van der Waals surface area contributed by atoms with Crippen molar-refractivity contribution in [3.63, 3.8) is 0 Å². The summed E-state index contributed by atoms with van der Waals surface area (Å²) < 4.78 is 16.8. The Kier molecular flexibility index (Phi) is 58.2. The Morgan fingerprint density at radius 2 is 0.528 bits per heavy atom. The third kappa shape index (κ3) is 58.0. The molecule has 418 valence electrons. The molecule has 0 bridgehead atoms. The number of allylic oxidation sites excluding steroid dienone is 10. The molecule has 6 heteroatoms. The smallest absolute Gasteiger partial charge is 0.306 e. The number of carbonyl (C=O) groups excluding carboxylic acids is 3. The quantitative estimate of drug-likeness (QED) is 0.0261. The van der Waals surface area contributed by atoms with Gasteiger partial charge in [0.1, 0.15) is 13.2 Å². The van der Waals surface area contributed by atoms with Gasteiger partial charge in [0.25, 0.3) is 0 Å². The molecular weight excluding hydrogens is 889 g/mol. The van der Waals surface area contributed by atoms with Crippen LogP contribution in [-0.2, 0) is 28.6 Å². The summed E-state index contributed by atoms with van der Waals surface area (Å²) in [6.07, 6.45) is 76.8. The predicted octanol–water partition coefficient (Wildman–Crippen LogP) is 21.2. The molecule has 1 unspecified atom stereocenters. The molecule has 0 saturated carbocycles. The Balaban J connectivity index is 4.08. The first-order chi connectivity index (χ1) is 35.5. The molecule has 1 atom stereocenters. The molecule has 0 saturated heterocycles. The summed E-state index contributed by atoms with van der Waals surface area (Å²) in [7, 11) is 0. The highest BCUT2D eigenvalue weighted by Gasteiger charge is 2.19. The van der Waals surface area contributed by atoms with Crippen molar-refractivity contribution in [1.82, 2.24) is 0 Å². The van der Waals surface area contributed by atoms with Gasteiger partial charge < -0.3 is 14.2 Å². The van der Waals surface area contributed by atoms with E-state index in [9.17, 15) is 14.4 Å². The van der Waals surface area contributed by atoms with Crippen LogP contribution >= 0.6 is 0 Å². The van der Waals surface area contributed by atoms with E-state index >= 15 is 0 Å². The molecule has 0 aliphatic carbocycles. The van der Waals surface area contributed by atoms with Crippen LogP contribution in [0, 0.1) is 0 Å². The summed E-state index contributed by atoms with van der Waals surface area (Å²) in [4.78, 5) is 38.1. The van der Waals surface area contributed by atoms with Gasteiger partial charge in [0.2, 0.25) is 0 Å². The van der Waals surface area contributed by atoms with Gasteiger partial charge >= 0.3 is 17.9 Å². The molecule has 0 radical (unpaired) electrons. The molecule has 0 heterocycles. The van der Waals surface area contributed by atoms with E-state index in [1.54, 1.807) is 0 Å². The molecule has 0 fully saturated rings. The van der Waals surface area contributed by atoms with Crippen molar-refractivity contribution in [2.45, 2.75) is 329 Å². The zero-order valence-corrected chi connectivity index (χ0v) is 47.9. The Morgan fingerprint density at radius 3 is 0.861 bits per heavy atom. The molecule has 0 amide bonds. The minimum absolute atomic E-state index is 0.0779. The maximum Gasteiger partial charge on any atom is 0.306 e. The highest BCUT2D eigenvalue weighted by Crippen LogP contribution is 2.16. The summed E-state index contributed by atoms with van der Waals surface area (Å²) in [5.74, 6) is -0.887. The lowest BCUT2D eigenvalue weighted by molar-refractivity contribution is -0.167. The minimum Gasteiger partial charge on any atom is -0.462 e. The maximum absolute atomic E-state index is 12.8. The standard InChI is InChI=1S/C66H118O6/c1-4-7-10-13-16-19-22-24-25-26-27-28-29-30-31-32-33-34-35-36-37-38-39-40-41-43-44-47-50-53-56-59-65(68)71-62-63(61-70-64(67)58-55-52-49-46-21-18-15-12-9-6-3)72-66(69)60-57-54-51-48-45-42-23-20-17-14-11-8-5-2/h12,15,20,22-24,26-27,29-30,63H,4-11,13-14,16-19,21,25,28,31-62H2,1-3H3/b15-12-,23-20-,24-22-,27-26-,30-29-. The van der Waals surface area contributed by atoms with Crippen molar-refractivity contribution in [2.24, 2.45) is 0 Å². The highest BCUT2D eigenvalue weighted by atomic mass is 16.6. The third-order valence-corrected chi connectivity index (χ3v) is 13.7. The van der Waals surface area contributed by atoms with Crippen molar-refractivity contribution in [2.75, 3.05) is 13.2 Å². The molecule has 0 rings (SSSR count). The Bertz CT molecular complexity index is 1290. The lowest BCUT2D eigenvalue weighted by Gasteiger charge is -2.18. The van der Waals surface area contributed by atoms with Crippen LogP contribution in [0.5, 0.6) is 0 Å². The first-order valence-electron chi connectivity index (χ1n) is 31.3. The van der Waals surface area contributed by atoms with Gasteiger partial charge in [0.05, 0.1) is 0 Å². The SMILES string of the molecule is CCC/C=C\CCCCCCCC(=O)OCC(COC(=O)CCCCCCCCCCCCCCCCCC/C=C\C/C=C\C/C=C\CCCCCCC)OC(=O)CCCCCCC/C=C\CCCCCC. The molecule has 72 heavy (non-hydrogen) atoms. The molecule has 0 aliphatic rings. The number of unbranched alkanes of at least 4 members (excludes halogenated alkanes) is 36. The number of ether oxygens (including phenoxy) is 3. The second kappa shape index (κ2) is 60.7. The topological polar surface area (TPSA) is 78.9 Å². The fourth-order valence-electron chi connectivity index (χ4n) is 8.98. The maximum atomic E-state index is 12.8. The summed E-state index contributed by atoms with van der Waals surface area (Å²) in [5, 5.41) is 0. The van der Waals surface area contributed by atoms with E-state index < -0.39 is 6.10 Å². The largest absolute Gasteiger partial charge is 0.462 e. The minimum atomic E-state index is -0.779. The van der Waals surface area contributed by atoms with Crippen molar-refractivity contribution in [3.05, 3.63) is 60.8 Å². The average Bonchev–Trinajstić information content (AvgIpc) is 3.38. The van der Waals surface area contributed by atoms with E-state index in [4.69, 9.17) is 14.2 Å². The molecule has 0 aliphatic heterocycles. The van der Waals surface area contributed by atoms with Gasteiger partial charge in [-0.05, 0) is 103 Å². The average molecular weight is 1010 g/mol. The van der Waals surface area contributed by atoms with Crippen LogP contribution in [0.15, 0.2) is 60.8 Å². The number of hydrogen-bond acceptors (Lipinski definition) is 6. The molecule has 0 spiro atoms. The summed E-state index contributed by atoms with van der Waals surface area (Å²) in [6, 6.07) is 0. The van der Waals surface area contributed by atoms with Gasteiger partial charge in [-0.15, -0.1) is 0 Å². The lowest BCUT2D eigenvalue weighted by atomic mass is 10.0. The molecule has 0 aromatic rings. The zero-order chi connectivity index (χ0) is 52.2. The van der Waals surface area contributed by atoms with Crippen LogP contribution in [0.1, 0.15) is 323 Å². The zero-order valence-electron chi connectivity index (χ0n) is 47.9. The van der Waals surface area contributed by atoms with E-state index in [-0.39, 0.29) is 31.1 Å². The number of hydrogen-bond donors (Lipinski definition) is 0. The van der Waals surface area contributed by atoms with Crippen molar-refractivity contribution < 1.29 is 28.6 Å². The first kappa shape index (κ1) is 69.1. The van der Waals surface area contributed by atoms with Gasteiger partial charge in [-0.1, -0.05) is 261 Å². The van der Waals surface area contributed by atoms with Crippen LogP contribution < -0.4 is 0 Å². The van der Waals surface area contributed by atoms with Crippen LogP contribution in [0.2, 0.25) is 0 Å². The number of carbonyl (C=O) groups is 3. The van der Waals surface area contributed by atoms with Gasteiger partial charge in [-0.25, -0.2) is 0 Å². The van der Waals surface area contributed by atoms with E-state index in [1.807, 2.05) is 0 Å². The molecule has 0 aromatic heterocycles. The summed E-state index contributed by atoms with van der Waals surface area (Å²) in [6.45, 7) is 6.56. The van der Waals surface area contributed by atoms with Gasteiger partial charge in [0.15, 0.2) is 6.10 Å². The van der Waals surface area contributed by atoms with E-state index in [1.165, 1.54) is 186 Å². The Hall–Kier alpha value is -2.89. The Labute approximate surface area is 447 Å². The monoisotopic (exact) mass is 1010 g/mol. The highest BCUT2D eigenvalue weighted by molar-refractivity contribution is 5.71. The summed E-state index contributed by atoms with van der Waals surface area (Å²) >= 11 is 0. The second-order valence-electron chi connectivity index (χ2n) is 21.0. The van der Waals surface area contributed by atoms with Gasteiger partial charge in [-0.2, -0.15) is 0 Å². The fourth-order valence-corrected chi connectivity index (χ4v) is 8.98. The van der Waals surface area contributed by atoms with E-state index in [0.717, 1.165) is 96.3 Å². The van der Waals surface area contributed by atoms with Crippen molar-refractivity contribution in [1.29, 1.82) is 0 Å². The lowest BCUT2D eigenvalue weighted by Crippen LogP contribution is -2.30. The number of rotatable bonds is 57. The van der Waals surface area contributed by atoms with E-state index in [2.05, 4.69) is 81.5 Å². The van der Waals surface area contributed by atoms with Crippen molar-refractivity contribution >= 4 is 17.9 Å². The third-order valence-electron chi connectivity index (χ3n) is 13.7. The summed E-state index contributed by atoms with van der Waals surface area (Å²) in [5.41, 5.74) is 0. The van der Waals surface area contributed by atoms with Crippen LogP contribution in [0.25, 0.3) is 0 Å².